The van der Waals surface area contributed by atoms with Gasteiger partial charge in [0.1, 0.15) is 11.4 Å². The molecule has 0 atom stereocenters. The minimum Gasteiger partial charge on any atom is -0.507 e. The van der Waals surface area contributed by atoms with E-state index < -0.39 is 5.60 Å². The Hall–Kier alpha value is -2.15. The van der Waals surface area contributed by atoms with E-state index in [2.05, 4.69) is 4.90 Å². The number of methoxy groups -OCH3 is 2. The van der Waals surface area contributed by atoms with E-state index in [0.29, 0.717) is 44.2 Å². The lowest BCUT2D eigenvalue weighted by Crippen LogP contribution is -2.49. The summed E-state index contributed by atoms with van der Waals surface area (Å²) in [6, 6.07) is 3.35. The molecule has 1 N–H and O–H groups in total. The number of phenols is 1. The fourth-order valence-corrected chi connectivity index (χ4v) is 2.69. The van der Waals surface area contributed by atoms with Gasteiger partial charge in [-0.05, 0) is 26.8 Å². The van der Waals surface area contributed by atoms with Gasteiger partial charge in [-0.3, -0.25) is 4.90 Å². The Bertz CT molecular complexity index is 604. The van der Waals surface area contributed by atoms with Crippen LogP contribution in [0, 0.1) is 0 Å². The first-order valence-corrected chi connectivity index (χ1v) is 8.37. The molecule has 0 unspecified atom stereocenters. The second kappa shape index (κ2) is 7.82. The summed E-state index contributed by atoms with van der Waals surface area (Å²) in [5.74, 6) is 1.26. The van der Waals surface area contributed by atoms with Crippen molar-refractivity contribution >= 4 is 6.09 Å². The van der Waals surface area contributed by atoms with E-state index in [1.54, 1.807) is 24.1 Å². The number of nitrogens with zero attached hydrogens (tertiary/aromatic N) is 2. The molecule has 0 spiro atoms. The lowest BCUT2D eigenvalue weighted by atomic mass is 10.1. The van der Waals surface area contributed by atoms with Crippen LogP contribution in [0.1, 0.15) is 26.3 Å². The van der Waals surface area contributed by atoms with Gasteiger partial charge >= 0.3 is 6.09 Å². The lowest BCUT2D eigenvalue weighted by molar-refractivity contribution is 0.0138. The first kappa shape index (κ1) is 19.2. The number of benzene rings is 1. The van der Waals surface area contributed by atoms with E-state index in [1.165, 1.54) is 7.11 Å². The van der Waals surface area contributed by atoms with Crippen molar-refractivity contribution in [3.8, 4) is 17.2 Å². The van der Waals surface area contributed by atoms with Gasteiger partial charge in [-0.2, -0.15) is 0 Å². The number of piperazine rings is 1. The average molecular weight is 352 g/mol. The molecule has 0 aromatic heterocycles. The number of hydrogen-bond donors (Lipinski definition) is 1. The molecule has 1 saturated heterocycles. The highest BCUT2D eigenvalue weighted by Gasteiger charge is 2.26. The van der Waals surface area contributed by atoms with Gasteiger partial charge in [-0.15, -0.1) is 0 Å². The van der Waals surface area contributed by atoms with E-state index in [4.69, 9.17) is 14.2 Å². The number of phenolic OH excluding ortho intramolecular Hbond substituents is 1. The smallest absolute Gasteiger partial charge is 0.410 e. The van der Waals surface area contributed by atoms with Gasteiger partial charge in [-0.1, -0.05) is 0 Å². The summed E-state index contributed by atoms with van der Waals surface area (Å²) in [4.78, 5) is 16.0. The van der Waals surface area contributed by atoms with Crippen LogP contribution in [0.3, 0.4) is 0 Å². The molecule has 1 amide bonds. The Balaban J connectivity index is 1.95. The molecule has 1 aliphatic rings. The zero-order valence-electron chi connectivity index (χ0n) is 15.7. The Morgan fingerprint density at radius 2 is 1.64 bits per heavy atom. The fraction of sp³-hybridized carbons (Fsp3) is 0.611. The molecule has 1 aliphatic heterocycles. The summed E-state index contributed by atoms with van der Waals surface area (Å²) >= 11 is 0. The Kier molecular flexibility index (Phi) is 6.00. The van der Waals surface area contributed by atoms with Gasteiger partial charge < -0.3 is 24.2 Å². The molecule has 1 heterocycles. The minimum atomic E-state index is -0.486. The Morgan fingerprint density at radius 3 is 2.16 bits per heavy atom. The van der Waals surface area contributed by atoms with Crippen molar-refractivity contribution in [2.24, 2.45) is 0 Å². The van der Waals surface area contributed by atoms with Crippen molar-refractivity contribution < 1.29 is 24.1 Å². The summed E-state index contributed by atoms with van der Waals surface area (Å²) in [7, 11) is 3.10. The Morgan fingerprint density at radius 1 is 1.08 bits per heavy atom. The van der Waals surface area contributed by atoms with Gasteiger partial charge in [0, 0.05) is 44.4 Å². The highest BCUT2D eigenvalue weighted by atomic mass is 16.6. The van der Waals surface area contributed by atoms with Crippen LogP contribution in [0.2, 0.25) is 0 Å². The van der Waals surface area contributed by atoms with Gasteiger partial charge in [0.2, 0.25) is 0 Å². The number of rotatable bonds is 4. The van der Waals surface area contributed by atoms with Crippen LogP contribution in [0.4, 0.5) is 4.79 Å². The molecule has 25 heavy (non-hydrogen) atoms. The average Bonchev–Trinajstić information content (AvgIpc) is 2.55. The summed E-state index contributed by atoms with van der Waals surface area (Å²) in [6.07, 6.45) is -0.277. The van der Waals surface area contributed by atoms with E-state index >= 15 is 0 Å². The number of aromatic hydroxyl groups is 1. The zero-order valence-corrected chi connectivity index (χ0v) is 15.7. The van der Waals surface area contributed by atoms with Crippen LogP contribution in [-0.4, -0.2) is 67.0 Å². The molecule has 1 aromatic rings. The molecule has 0 radical (unpaired) electrons. The molecule has 0 saturated carbocycles. The molecule has 1 aromatic carbocycles. The van der Waals surface area contributed by atoms with Crippen molar-refractivity contribution in [3.05, 3.63) is 17.7 Å². The maximum Gasteiger partial charge on any atom is 0.410 e. The Labute approximate surface area is 149 Å². The largest absolute Gasteiger partial charge is 0.507 e. The molecular formula is C18H28N2O5. The van der Waals surface area contributed by atoms with Gasteiger partial charge in [0.05, 0.1) is 14.2 Å². The minimum absolute atomic E-state index is 0.173. The maximum absolute atomic E-state index is 12.1. The van der Waals surface area contributed by atoms with Crippen molar-refractivity contribution in [2.75, 3.05) is 40.4 Å². The first-order chi connectivity index (χ1) is 11.7. The standard InChI is InChI=1S/C18H28N2O5/c1-18(2,3)25-17(22)20-8-6-19(7-9-20)12-13-10-15(23-4)16(24-5)11-14(13)21/h10-11,21H,6-9,12H2,1-5H3. The predicted octanol–water partition coefficient (Wildman–Crippen LogP) is 2.46. The van der Waals surface area contributed by atoms with Crippen molar-refractivity contribution in [1.29, 1.82) is 0 Å². The predicted molar refractivity (Wildman–Crippen MR) is 94.3 cm³/mol. The molecule has 1 fully saturated rings. The van der Waals surface area contributed by atoms with E-state index in [1.807, 2.05) is 20.8 Å². The number of hydrogen-bond acceptors (Lipinski definition) is 6. The van der Waals surface area contributed by atoms with Crippen LogP contribution in [0.15, 0.2) is 12.1 Å². The van der Waals surface area contributed by atoms with Crippen LogP contribution in [0.5, 0.6) is 17.2 Å². The van der Waals surface area contributed by atoms with Crippen molar-refractivity contribution in [1.82, 2.24) is 9.80 Å². The third-order valence-electron chi connectivity index (χ3n) is 4.00. The molecule has 0 bridgehead atoms. The fourth-order valence-electron chi connectivity index (χ4n) is 2.69. The summed E-state index contributed by atoms with van der Waals surface area (Å²) in [5, 5.41) is 10.2. The molecule has 7 nitrogen and oxygen atoms in total. The SMILES string of the molecule is COc1cc(O)c(CN2CCN(C(=O)OC(C)(C)C)CC2)cc1OC. The first-order valence-electron chi connectivity index (χ1n) is 8.37. The van der Waals surface area contributed by atoms with Gasteiger partial charge in [0.15, 0.2) is 11.5 Å². The lowest BCUT2D eigenvalue weighted by Gasteiger charge is -2.35. The molecule has 7 heteroatoms. The topological polar surface area (TPSA) is 71.5 Å². The van der Waals surface area contributed by atoms with Crippen molar-refractivity contribution in [3.63, 3.8) is 0 Å². The molecule has 2 rings (SSSR count). The quantitative estimate of drug-likeness (QED) is 0.897. The zero-order chi connectivity index (χ0) is 18.6. The molecule has 140 valence electrons. The summed E-state index contributed by atoms with van der Waals surface area (Å²) < 4.78 is 15.9. The second-order valence-corrected chi connectivity index (χ2v) is 7.08. The molecular weight excluding hydrogens is 324 g/mol. The number of amides is 1. The highest BCUT2D eigenvalue weighted by molar-refractivity contribution is 5.68. The van der Waals surface area contributed by atoms with E-state index in [-0.39, 0.29) is 11.8 Å². The monoisotopic (exact) mass is 352 g/mol. The number of ether oxygens (including phenoxy) is 3. The third-order valence-corrected chi connectivity index (χ3v) is 4.00. The summed E-state index contributed by atoms with van der Waals surface area (Å²) in [6.45, 7) is 8.79. The van der Waals surface area contributed by atoms with Gasteiger partial charge in [-0.25, -0.2) is 4.79 Å². The van der Waals surface area contributed by atoms with Crippen molar-refractivity contribution in [2.45, 2.75) is 32.9 Å². The van der Waals surface area contributed by atoms with E-state index in [0.717, 1.165) is 5.56 Å². The summed E-state index contributed by atoms with van der Waals surface area (Å²) in [5.41, 5.74) is 0.281. The van der Waals surface area contributed by atoms with Crippen LogP contribution in [-0.2, 0) is 11.3 Å². The number of carbonyl (C=O) groups excluding carboxylic acids is 1. The molecule has 0 aliphatic carbocycles. The maximum atomic E-state index is 12.1. The highest BCUT2D eigenvalue weighted by Crippen LogP contribution is 2.34. The van der Waals surface area contributed by atoms with Crippen LogP contribution >= 0.6 is 0 Å². The second-order valence-electron chi connectivity index (χ2n) is 7.08. The van der Waals surface area contributed by atoms with Crippen LogP contribution in [0.25, 0.3) is 0 Å². The van der Waals surface area contributed by atoms with Crippen LogP contribution < -0.4 is 9.47 Å². The van der Waals surface area contributed by atoms with E-state index in [9.17, 15) is 9.90 Å². The normalized spacial score (nSPS) is 15.8. The number of carbonyl (C=O) groups is 1. The van der Waals surface area contributed by atoms with Gasteiger partial charge in [0.25, 0.3) is 0 Å². The third kappa shape index (κ3) is 5.16.